The fourth-order valence-corrected chi connectivity index (χ4v) is 6.33. The van der Waals surface area contributed by atoms with E-state index >= 15 is 0 Å². The lowest BCUT2D eigenvalue weighted by atomic mass is 9.47. The Balaban J connectivity index is 1.40. The van der Waals surface area contributed by atoms with Gasteiger partial charge in [0.2, 0.25) is 5.82 Å². The second-order valence-electron chi connectivity index (χ2n) is 8.68. The number of carboxylic acid groups (broad SMARTS) is 1. The molecule has 11 heteroatoms. The molecule has 3 N–H and O–H groups in total. The second-order valence-corrected chi connectivity index (χ2v) is 8.68. The molecule has 9 rings (SSSR count). The number of aromatic nitrogens is 6. The number of nitrogens with zero attached hydrogens (tertiary/aromatic N) is 5. The Morgan fingerprint density at radius 1 is 1.35 bits per heavy atom. The average molecular weight is 423 g/mol. The van der Waals surface area contributed by atoms with Gasteiger partial charge in [0.05, 0.1) is 23.0 Å². The van der Waals surface area contributed by atoms with Crippen molar-refractivity contribution in [2.75, 3.05) is 5.32 Å². The Labute approximate surface area is 172 Å². The van der Waals surface area contributed by atoms with E-state index in [4.69, 9.17) is 0 Å². The van der Waals surface area contributed by atoms with E-state index in [0.717, 1.165) is 19.0 Å². The molecule has 4 bridgehead atoms. The molecule has 0 aliphatic heterocycles. The first-order chi connectivity index (χ1) is 15.0. The van der Waals surface area contributed by atoms with Gasteiger partial charge in [0.25, 0.3) is 0 Å². The number of anilines is 1. The number of pyridine rings is 1. The van der Waals surface area contributed by atoms with Crippen LogP contribution in [0, 0.1) is 35.3 Å². The van der Waals surface area contributed by atoms with Gasteiger partial charge in [0.15, 0.2) is 17.3 Å². The molecule has 4 heterocycles. The fraction of sp³-hybridized carbons (Fsp3) is 0.350. The van der Waals surface area contributed by atoms with Gasteiger partial charge in [-0.15, -0.1) is 5.10 Å². The van der Waals surface area contributed by atoms with E-state index in [1.165, 1.54) is 22.8 Å². The third-order valence-electron chi connectivity index (χ3n) is 7.51. The first-order valence-corrected chi connectivity index (χ1v) is 10.0. The molecule has 5 aliphatic carbocycles. The molecule has 31 heavy (non-hydrogen) atoms. The zero-order valence-electron chi connectivity index (χ0n) is 15.9. The summed E-state index contributed by atoms with van der Waals surface area (Å²) in [6.07, 6.45) is 4.37. The standard InChI is InChI=1S/C20H15F2N7O2/c21-8-5-10-14(26-27-16(10)23-6-8)17-24-18(15-12(22)1-2-29(15)28-17)25-20-7-3-9(11(20)4-7)13(20)19(30)31/h1-2,5-7,9,11,13H,3-4H2,(H,30,31)(H,23,26,27)(H,24,25,28)/t7?,9-,11?,13-,20+/m1/s1. The van der Waals surface area contributed by atoms with E-state index in [0.29, 0.717) is 16.7 Å². The number of rotatable bonds is 4. The van der Waals surface area contributed by atoms with Crippen molar-refractivity contribution in [3.05, 3.63) is 36.2 Å². The maximum absolute atomic E-state index is 14.6. The molecular formula is C20H15F2N7O2. The summed E-state index contributed by atoms with van der Waals surface area (Å²) in [5.74, 6) is -1.36. The quantitative estimate of drug-likeness (QED) is 0.461. The zero-order chi connectivity index (χ0) is 21.1. The van der Waals surface area contributed by atoms with Crippen LogP contribution in [0.25, 0.3) is 28.1 Å². The fourth-order valence-electron chi connectivity index (χ4n) is 6.33. The number of carbonyl (C=O) groups is 1. The van der Waals surface area contributed by atoms with Gasteiger partial charge in [-0.3, -0.25) is 9.89 Å². The maximum atomic E-state index is 14.6. The minimum atomic E-state index is -0.835. The van der Waals surface area contributed by atoms with Crippen molar-refractivity contribution < 1.29 is 18.7 Å². The number of nitrogens with one attached hydrogen (secondary N) is 2. The van der Waals surface area contributed by atoms with Crippen molar-refractivity contribution in [1.82, 2.24) is 29.8 Å². The van der Waals surface area contributed by atoms with Crippen LogP contribution >= 0.6 is 0 Å². The number of fused-ring (bicyclic) bond motifs is 2. The second kappa shape index (κ2) is 5.34. The highest BCUT2D eigenvalue weighted by atomic mass is 19.1. The van der Waals surface area contributed by atoms with Crippen molar-refractivity contribution in [3.63, 3.8) is 0 Å². The molecule has 2 unspecified atom stereocenters. The topological polar surface area (TPSA) is 121 Å². The summed E-state index contributed by atoms with van der Waals surface area (Å²) in [4.78, 5) is 20.4. The van der Waals surface area contributed by atoms with Crippen LogP contribution in [0.2, 0.25) is 0 Å². The van der Waals surface area contributed by atoms with Crippen LogP contribution in [0.1, 0.15) is 12.8 Å². The molecule has 0 amide bonds. The van der Waals surface area contributed by atoms with E-state index in [1.54, 1.807) is 0 Å². The molecule has 4 aromatic heterocycles. The monoisotopic (exact) mass is 423 g/mol. The molecule has 156 valence electrons. The molecule has 0 saturated heterocycles. The molecule has 9 nitrogen and oxygen atoms in total. The number of aromatic amines is 1. The van der Waals surface area contributed by atoms with Crippen molar-refractivity contribution >= 4 is 28.3 Å². The molecule has 5 atom stereocenters. The lowest BCUT2D eigenvalue weighted by molar-refractivity contribution is -0.162. The van der Waals surface area contributed by atoms with E-state index in [1.807, 2.05) is 0 Å². The van der Waals surface area contributed by atoms with Gasteiger partial charge in [0.1, 0.15) is 17.0 Å². The normalized spacial score (nSPS) is 30.4. The van der Waals surface area contributed by atoms with Crippen LogP contribution in [0.5, 0.6) is 0 Å². The predicted molar refractivity (Wildman–Crippen MR) is 103 cm³/mol. The molecule has 0 aromatic carbocycles. The van der Waals surface area contributed by atoms with Gasteiger partial charge >= 0.3 is 5.97 Å². The first-order valence-electron chi connectivity index (χ1n) is 10.0. The molecule has 4 aromatic rings. The summed E-state index contributed by atoms with van der Waals surface area (Å²) in [6, 6.07) is 2.55. The van der Waals surface area contributed by atoms with Crippen molar-refractivity contribution in [2.45, 2.75) is 18.4 Å². The van der Waals surface area contributed by atoms with Gasteiger partial charge in [-0.1, -0.05) is 0 Å². The van der Waals surface area contributed by atoms with Gasteiger partial charge in [-0.2, -0.15) is 5.10 Å². The third kappa shape index (κ3) is 1.92. The van der Waals surface area contributed by atoms with Crippen LogP contribution in [0.15, 0.2) is 24.5 Å². The maximum Gasteiger partial charge on any atom is 0.309 e. The van der Waals surface area contributed by atoms with Gasteiger partial charge in [-0.05, 0) is 42.7 Å². The van der Waals surface area contributed by atoms with Gasteiger partial charge < -0.3 is 10.4 Å². The number of carboxylic acids is 1. The molecular weight excluding hydrogens is 408 g/mol. The van der Waals surface area contributed by atoms with Crippen LogP contribution < -0.4 is 5.32 Å². The first kappa shape index (κ1) is 17.1. The average Bonchev–Trinajstić information content (AvgIpc) is 3.51. The minimum absolute atomic E-state index is 0.144. The van der Waals surface area contributed by atoms with Crippen LogP contribution in [-0.4, -0.2) is 46.4 Å². The number of hydrogen-bond acceptors (Lipinski definition) is 6. The summed E-state index contributed by atoms with van der Waals surface area (Å²) in [5.41, 5.74) is 0.182. The summed E-state index contributed by atoms with van der Waals surface area (Å²) in [7, 11) is 0. The highest BCUT2D eigenvalue weighted by molar-refractivity contribution is 5.89. The third-order valence-corrected chi connectivity index (χ3v) is 7.51. The lowest BCUT2D eigenvalue weighted by Crippen LogP contribution is -2.71. The van der Waals surface area contributed by atoms with Crippen LogP contribution in [-0.2, 0) is 4.79 Å². The van der Waals surface area contributed by atoms with Crippen LogP contribution in [0.3, 0.4) is 0 Å². The van der Waals surface area contributed by atoms with E-state index in [-0.39, 0.29) is 34.9 Å². The summed E-state index contributed by atoms with van der Waals surface area (Å²) >= 11 is 0. The Kier molecular flexibility index (Phi) is 2.94. The van der Waals surface area contributed by atoms with E-state index in [9.17, 15) is 18.7 Å². The number of halogens is 2. The molecule has 0 spiro atoms. The van der Waals surface area contributed by atoms with Crippen molar-refractivity contribution in [3.8, 4) is 11.5 Å². The Hall–Kier alpha value is -3.63. The SMILES string of the molecule is O=C(O)[C@H]1[C@@H]2CC3CC2[C@@]31Nc1nc(-c2[nH]nc3ncc(F)cc23)nn2ccc(F)c12. The van der Waals surface area contributed by atoms with E-state index in [2.05, 4.69) is 30.6 Å². The smallest absolute Gasteiger partial charge is 0.309 e. The largest absolute Gasteiger partial charge is 0.481 e. The Bertz CT molecular complexity index is 1430. The van der Waals surface area contributed by atoms with Gasteiger partial charge in [0, 0.05) is 6.20 Å². The highest BCUT2D eigenvalue weighted by Gasteiger charge is 2.80. The highest BCUT2D eigenvalue weighted by Crippen LogP contribution is 2.75. The summed E-state index contributed by atoms with van der Waals surface area (Å²) in [6.45, 7) is 0. The lowest BCUT2D eigenvalue weighted by Gasteiger charge is -2.62. The Morgan fingerprint density at radius 2 is 2.23 bits per heavy atom. The predicted octanol–water partition coefficient (Wildman–Crippen LogP) is 2.47. The number of H-pyrrole nitrogens is 1. The zero-order valence-corrected chi connectivity index (χ0v) is 15.9. The summed E-state index contributed by atoms with van der Waals surface area (Å²) < 4.78 is 29.7. The Morgan fingerprint density at radius 3 is 3.03 bits per heavy atom. The number of hydrogen-bond donors (Lipinski definition) is 3. The number of aliphatic carboxylic acids is 1. The van der Waals surface area contributed by atoms with Crippen LogP contribution in [0.4, 0.5) is 14.6 Å². The van der Waals surface area contributed by atoms with Gasteiger partial charge in [-0.25, -0.2) is 23.3 Å². The molecule has 5 saturated carbocycles. The summed E-state index contributed by atoms with van der Waals surface area (Å²) in [5, 5.41) is 24.7. The molecule has 5 fully saturated rings. The minimum Gasteiger partial charge on any atom is -0.481 e. The van der Waals surface area contributed by atoms with Crippen molar-refractivity contribution in [2.24, 2.45) is 23.7 Å². The molecule has 0 radical (unpaired) electrons. The molecule has 5 aliphatic rings. The van der Waals surface area contributed by atoms with E-state index < -0.39 is 29.1 Å². The van der Waals surface area contributed by atoms with Crippen molar-refractivity contribution in [1.29, 1.82) is 0 Å².